The van der Waals surface area contributed by atoms with Gasteiger partial charge in [-0.05, 0) is 30.9 Å². The molecule has 3 nitrogen and oxygen atoms in total. The zero-order valence-corrected chi connectivity index (χ0v) is 12.6. The van der Waals surface area contributed by atoms with Crippen LogP contribution in [-0.2, 0) is 6.54 Å². The van der Waals surface area contributed by atoms with Crippen LogP contribution in [0.15, 0.2) is 30.3 Å². The van der Waals surface area contributed by atoms with E-state index >= 15 is 0 Å². The van der Waals surface area contributed by atoms with E-state index in [4.69, 9.17) is 0 Å². The molecule has 2 unspecified atom stereocenters. The van der Waals surface area contributed by atoms with E-state index in [-0.39, 0.29) is 6.61 Å². The normalized spacial score (nSPS) is 22.6. The van der Waals surface area contributed by atoms with Crippen molar-refractivity contribution in [2.75, 3.05) is 26.2 Å². The second-order valence-corrected chi connectivity index (χ2v) is 5.80. The SMILES string of the molecule is CCNC1CCCC1CN(CCO)Cc1ccccc1. The van der Waals surface area contributed by atoms with Gasteiger partial charge in [0.2, 0.25) is 0 Å². The number of nitrogens with one attached hydrogen (secondary N) is 1. The van der Waals surface area contributed by atoms with Crippen molar-refractivity contribution in [3.05, 3.63) is 35.9 Å². The number of hydrogen-bond acceptors (Lipinski definition) is 3. The lowest BCUT2D eigenvalue weighted by molar-refractivity contribution is 0.161. The second kappa shape index (κ2) is 8.40. The highest BCUT2D eigenvalue weighted by atomic mass is 16.3. The molecular weight excluding hydrogens is 248 g/mol. The van der Waals surface area contributed by atoms with Gasteiger partial charge in [0.1, 0.15) is 0 Å². The summed E-state index contributed by atoms with van der Waals surface area (Å²) in [5, 5.41) is 12.9. The van der Waals surface area contributed by atoms with E-state index in [1.807, 2.05) is 0 Å². The van der Waals surface area contributed by atoms with Gasteiger partial charge in [-0.25, -0.2) is 0 Å². The molecule has 0 heterocycles. The van der Waals surface area contributed by atoms with Gasteiger partial charge in [-0.15, -0.1) is 0 Å². The lowest BCUT2D eigenvalue weighted by Crippen LogP contribution is -2.40. The summed E-state index contributed by atoms with van der Waals surface area (Å²) in [5.41, 5.74) is 1.33. The molecule has 2 atom stereocenters. The number of benzene rings is 1. The maximum absolute atomic E-state index is 9.30. The molecule has 0 aliphatic heterocycles. The van der Waals surface area contributed by atoms with Crippen LogP contribution < -0.4 is 5.32 Å². The minimum Gasteiger partial charge on any atom is -0.395 e. The average Bonchev–Trinajstić information content (AvgIpc) is 2.88. The van der Waals surface area contributed by atoms with Gasteiger partial charge in [0, 0.05) is 25.7 Å². The van der Waals surface area contributed by atoms with Gasteiger partial charge in [0.15, 0.2) is 0 Å². The van der Waals surface area contributed by atoms with E-state index in [9.17, 15) is 5.11 Å². The van der Waals surface area contributed by atoms with Gasteiger partial charge >= 0.3 is 0 Å². The predicted octanol–water partition coefficient (Wildman–Crippen LogP) is 2.26. The van der Waals surface area contributed by atoms with Crippen LogP contribution in [0.5, 0.6) is 0 Å². The summed E-state index contributed by atoms with van der Waals surface area (Å²) in [6.45, 7) is 6.28. The minimum atomic E-state index is 0.241. The lowest BCUT2D eigenvalue weighted by Gasteiger charge is -2.28. The van der Waals surface area contributed by atoms with Gasteiger partial charge in [0.25, 0.3) is 0 Å². The van der Waals surface area contributed by atoms with Crippen molar-refractivity contribution in [3.63, 3.8) is 0 Å². The Bertz CT molecular complexity index is 369. The van der Waals surface area contributed by atoms with Crippen molar-refractivity contribution in [2.24, 2.45) is 5.92 Å². The quantitative estimate of drug-likeness (QED) is 0.764. The Kier molecular flexibility index (Phi) is 6.51. The van der Waals surface area contributed by atoms with E-state index in [0.717, 1.165) is 32.1 Å². The molecular formula is C17H28N2O. The Balaban J connectivity index is 1.91. The largest absolute Gasteiger partial charge is 0.395 e. The molecule has 1 aromatic rings. The fourth-order valence-electron chi connectivity index (χ4n) is 3.34. The van der Waals surface area contributed by atoms with E-state index in [1.165, 1.54) is 24.8 Å². The van der Waals surface area contributed by atoms with E-state index < -0.39 is 0 Å². The standard InChI is InChI=1S/C17H28N2O/c1-2-18-17-10-6-9-16(17)14-19(11-12-20)13-15-7-4-3-5-8-15/h3-5,7-8,16-18,20H,2,6,9-14H2,1H3. The molecule has 20 heavy (non-hydrogen) atoms. The first kappa shape index (κ1) is 15.5. The highest BCUT2D eigenvalue weighted by molar-refractivity contribution is 5.14. The lowest BCUT2D eigenvalue weighted by atomic mass is 10.0. The Hall–Kier alpha value is -0.900. The summed E-state index contributed by atoms with van der Waals surface area (Å²) in [5.74, 6) is 0.727. The van der Waals surface area contributed by atoms with Crippen LogP contribution in [0.25, 0.3) is 0 Å². The molecule has 1 saturated carbocycles. The first-order valence-electron chi connectivity index (χ1n) is 7.94. The molecule has 3 heteroatoms. The van der Waals surface area contributed by atoms with Crippen molar-refractivity contribution in [2.45, 2.75) is 38.8 Å². The number of hydrogen-bond donors (Lipinski definition) is 2. The molecule has 1 aliphatic rings. The van der Waals surface area contributed by atoms with Crippen molar-refractivity contribution >= 4 is 0 Å². The fourth-order valence-corrected chi connectivity index (χ4v) is 3.34. The molecule has 0 spiro atoms. The maximum atomic E-state index is 9.30. The van der Waals surface area contributed by atoms with Crippen molar-refractivity contribution in [3.8, 4) is 0 Å². The van der Waals surface area contributed by atoms with Crippen LogP contribution in [0.3, 0.4) is 0 Å². The number of rotatable bonds is 8. The number of aliphatic hydroxyl groups excluding tert-OH is 1. The van der Waals surface area contributed by atoms with Gasteiger partial charge in [-0.2, -0.15) is 0 Å². The van der Waals surface area contributed by atoms with Gasteiger partial charge < -0.3 is 10.4 Å². The summed E-state index contributed by atoms with van der Waals surface area (Å²) in [4.78, 5) is 2.40. The van der Waals surface area contributed by atoms with Gasteiger partial charge in [0.05, 0.1) is 6.61 Å². The molecule has 1 fully saturated rings. The van der Waals surface area contributed by atoms with Crippen LogP contribution in [0.4, 0.5) is 0 Å². The Morgan fingerprint density at radius 1 is 1.25 bits per heavy atom. The van der Waals surface area contributed by atoms with Crippen molar-refractivity contribution < 1.29 is 5.11 Å². The zero-order chi connectivity index (χ0) is 14.2. The molecule has 0 amide bonds. The molecule has 0 radical (unpaired) electrons. The van der Waals surface area contributed by atoms with Crippen LogP contribution >= 0.6 is 0 Å². The third-order valence-corrected chi connectivity index (χ3v) is 4.28. The monoisotopic (exact) mass is 276 g/mol. The van der Waals surface area contributed by atoms with Gasteiger partial charge in [-0.1, -0.05) is 43.7 Å². The summed E-state index contributed by atoms with van der Waals surface area (Å²) in [6, 6.07) is 11.2. The Morgan fingerprint density at radius 2 is 2.05 bits per heavy atom. The fraction of sp³-hybridized carbons (Fsp3) is 0.647. The topological polar surface area (TPSA) is 35.5 Å². The Morgan fingerprint density at radius 3 is 2.75 bits per heavy atom. The van der Waals surface area contributed by atoms with E-state index in [2.05, 4.69) is 47.5 Å². The van der Waals surface area contributed by atoms with Crippen molar-refractivity contribution in [1.29, 1.82) is 0 Å². The van der Waals surface area contributed by atoms with Crippen molar-refractivity contribution in [1.82, 2.24) is 10.2 Å². The zero-order valence-electron chi connectivity index (χ0n) is 12.6. The van der Waals surface area contributed by atoms with Crippen LogP contribution in [0, 0.1) is 5.92 Å². The molecule has 112 valence electrons. The smallest absolute Gasteiger partial charge is 0.0558 e. The molecule has 2 rings (SSSR count). The third-order valence-electron chi connectivity index (χ3n) is 4.28. The second-order valence-electron chi connectivity index (χ2n) is 5.80. The number of nitrogens with zero attached hydrogens (tertiary/aromatic N) is 1. The van der Waals surface area contributed by atoms with Crippen LogP contribution in [0.1, 0.15) is 31.7 Å². The van der Waals surface area contributed by atoms with Gasteiger partial charge in [-0.3, -0.25) is 4.90 Å². The van der Waals surface area contributed by atoms with E-state index in [0.29, 0.717) is 6.04 Å². The molecule has 0 saturated heterocycles. The predicted molar refractivity (Wildman–Crippen MR) is 83.6 cm³/mol. The van der Waals surface area contributed by atoms with Crippen LogP contribution in [0.2, 0.25) is 0 Å². The highest BCUT2D eigenvalue weighted by Gasteiger charge is 2.27. The highest BCUT2D eigenvalue weighted by Crippen LogP contribution is 2.26. The molecule has 1 aliphatic carbocycles. The molecule has 0 bridgehead atoms. The average molecular weight is 276 g/mol. The van der Waals surface area contributed by atoms with E-state index in [1.54, 1.807) is 0 Å². The molecule has 1 aromatic carbocycles. The molecule has 2 N–H and O–H groups in total. The summed E-state index contributed by atoms with van der Waals surface area (Å²) < 4.78 is 0. The summed E-state index contributed by atoms with van der Waals surface area (Å²) in [6.07, 6.45) is 3.95. The first-order valence-corrected chi connectivity index (χ1v) is 7.94. The van der Waals surface area contributed by atoms with Crippen LogP contribution in [-0.4, -0.2) is 42.3 Å². The molecule has 0 aromatic heterocycles. The first-order chi connectivity index (χ1) is 9.83. The summed E-state index contributed by atoms with van der Waals surface area (Å²) >= 11 is 0. The maximum Gasteiger partial charge on any atom is 0.0558 e. The minimum absolute atomic E-state index is 0.241. The Labute approximate surface area is 123 Å². The number of aliphatic hydroxyl groups is 1. The summed E-state index contributed by atoms with van der Waals surface area (Å²) in [7, 11) is 0. The third kappa shape index (κ3) is 4.58.